The zero-order valence-corrected chi connectivity index (χ0v) is 11.0. The summed E-state index contributed by atoms with van der Waals surface area (Å²) >= 11 is 0. The highest BCUT2D eigenvalue weighted by molar-refractivity contribution is 5.82. The Balaban J connectivity index is 2.85. The molecule has 0 saturated carbocycles. The third kappa shape index (κ3) is 5.25. The largest absolute Gasteiger partial charge is 0.490 e. The Bertz CT molecular complexity index is 516. The van der Waals surface area contributed by atoms with Gasteiger partial charge in [0.15, 0.2) is 18.1 Å². The number of nitrogens with one attached hydrogen (secondary N) is 1. The van der Waals surface area contributed by atoms with Crippen molar-refractivity contribution in [1.82, 2.24) is 5.43 Å². The molecule has 0 radical (unpaired) electrons. The maximum atomic E-state index is 10.7. The first kappa shape index (κ1) is 15.3. The number of nitrogens with zero attached hydrogens (tertiary/aromatic N) is 1. The molecule has 0 aromatic heterocycles. The summed E-state index contributed by atoms with van der Waals surface area (Å²) in [7, 11) is 0. The van der Waals surface area contributed by atoms with E-state index in [2.05, 4.69) is 10.5 Å². The van der Waals surface area contributed by atoms with Gasteiger partial charge in [-0.2, -0.15) is 5.10 Å². The van der Waals surface area contributed by atoms with E-state index < -0.39 is 11.9 Å². The highest BCUT2D eigenvalue weighted by Crippen LogP contribution is 2.27. The summed E-state index contributed by atoms with van der Waals surface area (Å²) < 4.78 is 10.6. The fourth-order valence-electron chi connectivity index (χ4n) is 1.31. The summed E-state index contributed by atoms with van der Waals surface area (Å²) in [4.78, 5) is 21.2. The van der Waals surface area contributed by atoms with Crippen LogP contribution in [0.4, 0.5) is 4.79 Å². The molecule has 8 heteroatoms. The van der Waals surface area contributed by atoms with E-state index in [1.807, 2.05) is 6.92 Å². The Labute approximate surface area is 115 Å². The molecule has 0 fully saturated rings. The number of carbonyl (C=O) groups is 2. The van der Waals surface area contributed by atoms with Crippen LogP contribution in [0, 0.1) is 0 Å². The molecule has 5 N–H and O–H groups in total. The van der Waals surface area contributed by atoms with E-state index >= 15 is 0 Å². The minimum atomic E-state index is -0.757. The van der Waals surface area contributed by atoms with E-state index in [4.69, 9.17) is 20.9 Å². The van der Waals surface area contributed by atoms with E-state index in [0.29, 0.717) is 23.7 Å². The van der Waals surface area contributed by atoms with Crippen molar-refractivity contribution in [2.45, 2.75) is 6.92 Å². The van der Waals surface area contributed by atoms with Crippen LogP contribution in [-0.4, -0.2) is 31.4 Å². The van der Waals surface area contributed by atoms with Crippen LogP contribution in [0.5, 0.6) is 11.5 Å². The van der Waals surface area contributed by atoms with Crippen molar-refractivity contribution in [3.63, 3.8) is 0 Å². The normalized spacial score (nSPS) is 10.2. The smallest absolute Gasteiger partial charge is 0.332 e. The zero-order valence-electron chi connectivity index (χ0n) is 11.0. The van der Waals surface area contributed by atoms with Crippen molar-refractivity contribution in [1.29, 1.82) is 0 Å². The molecule has 0 aliphatic heterocycles. The van der Waals surface area contributed by atoms with Crippen LogP contribution < -0.4 is 26.4 Å². The molecular weight excluding hydrogens is 264 g/mol. The number of hydrogen-bond acceptors (Lipinski definition) is 5. The van der Waals surface area contributed by atoms with E-state index in [1.54, 1.807) is 18.2 Å². The number of nitrogens with two attached hydrogens (primary N) is 2. The average Bonchev–Trinajstić information content (AvgIpc) is 2.37. The van der Waals surface area contributed by atoms with E-state index in [0.717, 1.165) is 0 Å². The third-order valence-corrected chi connectivity index (χ3v) is 2.03. The SMILES string of the molecule is CCOc1cc(/C=N\NC(N)=O)ccc1OCC(N)=O. The predicted molar refractivity (Wildman–Crippen MR) is 72.6 cm³/mol. The van der Waals surface area contributed by atoms with Gasteiger partial charge in [-0.3, -0.25) is 4.79 Å². The number of rotatable bonds is 7. The van der Waals surface area contributed by atoms with E-state index in [9.17, 15) is 9.59 Å². The van der Waals surface area contributed by atoms with Crippen LogP contribution in [0.1, 0.15) is 12.5 Å². The molecule has 1 rings (SSSR count). The van der Waals surface area contributed by atoms with Crippen molar-refractivity contribution in [2.75, 3.05) is 13.2 Å². The Morgan fingerprint density at radius 1 is 1.30 bits per heavy atom. The topological polar surface area (TPSA) is 129 Å². The molecule has 108 valence electrons. The summed E-state index contributed by atoms with van der Waals surface area (Å²) in [6.07, 6.45) is 1.39. The molecule has 0 heterocycles. The zero-order chi connectivity index (χ0) is 15.0. The Kier molecular flexibility index (Phi) is 5.82. The van der Waals surface area contributed by atoms with Crippen LogP contribution in [0.15, 0.2) is 23.3 Å². The number of hydrogen-bond donors (Lipinski definition) is 3. The maximum absolute atomic E-state index is 10.7. The molecule has 0 unspecified atom stereocenters. The summed E-state index contributed by atoms with van der Waals surface area (Å²) in [5.41, 5.74) is 12.6. The maximum Gasteiger partial charge on any atom is 0.332 e. The van der Waals surface area contributed by atoms with Crippen molar-refractivity contribution < 1.29 is 19.1 Å². The van der Waals surface area contributed by atoms with Gasteiger partial charge in [-0.05, 0) is 30.7 Å². The first-order valence-electron chi connectivity index (χ1n) is 5.79. The molecule has 0 spiro atoms. The van der Waals surface area contributed by atoms with Gasteiger partial charge in [-0.15, -0.1) is 0 Å². The van der Waals surface area contributed by atoms with E-state index in [1.165, 1.54) is 6.21 Å². The number of primary amides is 2. The van der Waals surface area contributed by atoms with Crippen LogP contribution in [0.25, 0.3) is 0 Å². The minimum Gasteiger partial charge on any atom is -0.490 e. The fraction of sp³-hybridized carbons (Fsp3) is 0.250. The molecule has 0 aliphatic carbocycles. The first-order valence-corrected chi connectivity index (χ1v) is 5.79. The second-order valence-electron chi connectivity index (χ2n) is 3.63. The van der Waals surface area contributed by atoms with Crippen molar-refractivity contribution >= 4 is 18.2 Å². The van der Waals surface area contributed by atoms with Gasteiger partial charge < -0.3 is 20.9 Å². The lowest BCUT2D eigenvalue weighted by Crippen LogP contribution is -2.24. The number of carbonyl (C=O) groups excluding carboxylic acids is 2. The summed E-state index contributed by atoms with van der Waals surface area (Å²) in [5, 5.41) is 3.63. The van der Waals surface area contributed by atoms with E-state index in [-0.39, 0.29) is 6.61 Å². The Morgan fingerprint density at radius 3 is 2.65 bits per heavy atom. The number of benzene rings is 1. The molecule has 3 amide bonds. The van der Waals surface area contributed by atoms with Gasteiger partial charge >= 0.3 is 6.03 Å². The highest BCUT2D eigenvalue weighted by atomic mass is 16.5. The molecule has 0 bridgehead atoms. The van der Waals surface area contributed by atoms with Gasteiger partial charge in [0.2, 0.25) is 0 Å². The van der Waals surface area contributed by atoms with Crippen LogP contribution >= 0.6 is 0 Å². The van der Waals surface area contributed by atoms with Gasteiger partial charge in [0.05, 0.1) is 12.8 Å². The van der Waals surface area contributed by atoms with Crippen molar-refractivity contribution in [3.05, 3.63) is 23.8 Å². The monoisotopic (exact) mass is 280 g/mol. The second-order valence-corrected chi connectivity index (χ2v) is 3.63. The minimum absolute atomic E-state index is 0.239. The van der Waals surface area contributed by atoms with Crippen LogP contribution in [0.3, 0.4) is 0 Å². The standard InChI is InChI=1S/C12H16N4O4/c1-2-19-10-5-8(6-15-16-12(14)18)3-4-9(10)20-7-11(13)17/h3-6H,2,7H2,1H3,(H2,13,17)(H3,14,16,18)/b15-6-. The van der Waals surface area contributed by atoms with Gasteiger partial charge in [-0.1, -0.05) is 0 Å². The molecular formula is C12H16N4O4. The Hall–Kier alpha value is -2.77. The number of hydrazone groups is 1. The van der Waals surface area contributed by atoms with Crippen LogP contribution in [-0.2, 0) is 4.79 Å². The lowest BCUT2D eigenvalue weighted by atomic mass is 10.2. The van der Waals surface area contributed by atoms with Gasteiger partial charge in [-0.25, -0.2) is 10.2 Å². The lowest BCUT2D eigenvalue weighted by Gasteiger charge is -2.11. The lowest BCUT2D eigenvalue weighted by molar-refractivity contribution is -0.119. The molecule has 20 heavy (non-hydrogen) atoms. The summed E-state index contributed by atoms with van der Waals surface area (Å²) in [6, 6.07) is 4.17. The second kappa shape index (κ2) is 7.62. The first-order chi connectivity index (χ1) is 9.52. The quantitative estimate of drug-likeness (QED) is 0.477. The summed E-state index contributed by atoms with van der Waals surface area (Å²) in [6.45, 7) is 2.00. The van der Waals surface area contributed by atoms with Gasteiger partial charge in [0, 0.05) is 0 Å². The Morgan fingerprint density at radius 2 is 2.05 bits per heavy atom. The van der Waals surface area contributed by atoms with Gasteiger partial charge in [0.1, 0.15) is 0 Å². The molecule has 1 aromatic rings. The molecule has 0 aliphatic rings. The molecule has 8 nitrogen and oxygen atoms in total. The molecule has 0 saturated heterocycles. The number of ether oxygens (including phenoxy) is 2. The average molecular weight is 280 g/mol. The summed E-state index contributed by atoms with van der Waals surface area (Å²) in [5.74, 6) is 0.256. The van der Waals surface area contributed by atoms with Crippen molar-refractivity contribution in [3.8, 4) is 11.5 Å². The molecule has 0 atom stereocenters. The number of urea groups is 1. The van der Waals surface area contributed by atoms with Gasteiger partial charge in [0.25, 0.3) is 5.91 Å². The molecule has 1 aromatic carbocycles. The fourth-order valence-corrected chi connectivity index (χ4v) is 1.31. The third-order valence-electron chi connectivity index (χ3n) is 2.03. The predicted octanol–water partition coefficient (Wildman–Crippen LogP) is -0.0484. The van der Waals surface area contributed by atoms with Crippen LogP contribution in [0.2, 0.25) is 0 Å². The number of amides is 3. The highest BCUT2D eigenvalue weighted by Gasteiger charge is 2.07. The van der Waals surface area contributed by atoms with Crippen molar-refractivity contribution in [2.24, 2.45) is 16.6 Å².